The van der Waals surface area contributed by atoms with E-state index in [1.54, 1.807) is 18.2 Å². The minimum Gasteiger partial charge on any atom is -0.507 e. The van der Waals surface area contributed by atoms with Crippen LogP contribution >= 0.6 is 23.2 Å². The predicted octanol–water partition coefficient (Wildman–Crippen LogP) is 4.87. The Morgan fingerprint density at radius 3 is 2.51 bits per heavy atom. The van der Waals surface area contributed by atoms with Crippen molar-refractivity contribution in [2.45, 2.75) is 19.3 Å². The average molecular weight is 522 g/mol. The summed E-state index contributed by atoms with van der Waals surface area (Å²) in [6.07, 6.45) is -0.277. The van der Waals surface area contributed by atoms with Gasteiger partial charge in [0, 0.05) is 29.7 Å². The van der Waals surface area contributed by atoms with Crippen molar-refractivity contribution in [2.75, 3.05) is 26.3 Å². The number of ether oxygens (including phenoxy) is 4. The maximum atomic E-state index is 13.1. The maximum Gasteiger partial charge on any atom is 0.343 e. The number of amides is 1. The van der Waals surface area contributed by atoms with Gasteiger partial charge in [0.15, 0.2) is 11.5 Å². The molecular weight excluding hydrogens is 501 g/mol. The van der Waals surface area contributed by atoms with Crippen LogP contribution in [0.15, 0.2) is 39.5 Å². The molecule has 1 aliphatic heterocycles. The molecule has 3 aromatic rings. The first kappa shape index (κ1) is 24.6. The topological polar surface area (TPSA) is 116 Å². The second-order valence-electron chi connectivity index (χ2n) is 7.64. The Morgan fingerprint density at radius 2 is 1.86 bits per heavy atom. The monoisotopic (exact) mass is 521 g/mol. The summed E-state index contributed by atoms with van der Waals surface area (Å²) < 4.78 is 27.3. The smallest absolute Gasteiger partial charge is 0.343 e. The molecule has 0 bridgehead atoms. The van der Waals surface area contributed by atoms with E-state index in [0.717, 1.165) is 0 Å². The van der Waals surface area contributed by atoms with E-state index >= 15 is 0 Å². The molecule has 0 spiro atoms. The van der Waals surface area contributed by atoms with Gasteiger partial charge in [-0.3, -0.25) is 4.79 Å². The van der Waals surface area contributed by atoms with Crippen molar-refractivity contribution in [3.63, 3.8) is 0 Å². The Balaban J connectivity index is 1.83. The van der Waals surface area contributed by atoms with E-state index in [2.05, 4.69) is 5.32 Å². The molecule has 0 saturated carbocycles. The van der Waals surface area contributed by atoms with Crippen LogP contribution in [-0.4, -0.2) is 32.0 Å². The molecular formula is C24H21Cl2NO8. The summed E-state index contributed by atoms with van der Waals surface area (Å²) in [5, 5.41) is 14.0. The van der Waals surface area contributed by atoms with Gasteiger partial charge in [-0.05, 0) is 31.2 Å². The highest BCUT2D eigenvalue weighted by atomic mass is 35.5. The van der Waals surface area contributed by atoms with Crippen LogP contribution in [0, 0.1) is 6.92 Å². The van der Waals surface area contributed by atoms with Crippen LogP contribution in [-0.2, 0) is 4.79 Å². The molecule has 2 aromatic carbocycles. The molecule has 2 N–H and O–H groups in total. The molecule has 0 aliphatic carbocycles. The van der Waals surface area contributed by atoms with Gasteiger partial charge in [0.25, 0.3) is 0 Å². The van der Waals surface area contributed by atoms with Gasteiger partial charge in [0.05, 0.1) is 29.8 Å². The van der Waals surface area contributed by atoms with Gasteiger partial charge < -0.3 is 33.8 Å². The van der Waals surface area contributed by atoms with Crippen molar-refractivity contribution in [1.29, 1.82) is 0 Å². The van der Waals surface area contributed by atoms with Crippen molar-refractivity contribution in [1.82, 2.24) is 0 Å². The quantitative estimate of drug-likeness (QED) is 0.452. The molecule has 11 heteroatoms. The van der Waals surface area contributed by atoms with Gasteiger partial charge in [0.1, 0.15) is 11.5 Å². The zero-order chi connectivity index (χ0) is 25.3. The number of anilines is 1. The maximum absolute atomic E-state index is 13.1. The van der Waals surface area contributed by atoms with Gasteiger partial charge in [-0.1, -0.05) is 23.2 Å². The third-order valence-corrected chi connectivity index (χ3v) is 6.16. The number of carbonyl (C=O) groups is 1. The van der Waals surface area contributed by atoms with Crippen molar-refractivity contribution < 1.29 is 33.3 Å². The first-order valence-electron chi connectivity index (χ1n) is 10.4. The van der Waals surface area contributed by atoms with E-state index in [9.17, 15) is 14.7 Å². The summed E-state index contributed by atoms with van der Waals surface area (Å²) in [6, 6.07) is 7.50. The van der Waals surface area contributed by atoms with E-state index in [1.165, 1.54) is 33.3 Å². The van der Waals surface area contributed by atoms with Crippen molar-refractivity contribution >= 4 is 34.8 Å². The number of hydrogen-bond donors (Lipinski definition) is 2. The third-order valence-electron chi connectivity index (χ3n) is 5.42. The fourth-order valence-corrected chi connectivity index (χ4v) is 4.22. The predicted molar refractivity (Wildman–Crippen MR) is 129 cm³/mol. The number of aromatic hydroxyl groups is 1. The highest BCUT2D eigenvalue weighted by Crippen LogP contribution is 2.52. The fourth-order valence-electron chi connectivity index (χ4n) is 3.92. The number of fused-ring (bicyclic) bond motifs is 1. The second kappa shape index (κ2) is 9.97. The Morgan fingerprint density at radius 1 is 1.11 bits per heavy atom. The van der Waals surface area contributed by atoms with Crippen LogP contribution in [0.2, 0.25) is 10.0 Å². The van der Waals surface area contributed by atoms with E-state index in [4.69, 9.17) is 46.6 Å². The van der Waals surface area contributed by atoms with Gasteiger partial charge in [-0.25, -0.2) is 4.79 Å². The van der Waals surface area contributed by atoms with E-state index in [1.807, 2.05) is 0 Å². The first-order chi connectivity index (χ1) is 16.7. The van der Waals surface area contributed by atoms with Crippen LogP contribution in [0.5, 0.6) is 28.7 Å². The summed E-state index contributed by atoms with van der Waals surface area (Å²) in [4.78, 5) is 26.0. The molecule has 2 heterocycles. The molecule has 0 fully saturated rings. The van der Waals surface area contributed by atoms with Crippen LogP contribution in [0.1, 0.15) is 29.2 Å². The minimum atomic E-state index is -1.01. The number of halogens is 2. The lowest BCUT2D eigenvalue weighted by Crippen LogP contribution is -2.21. The number of carbonyl (C=O) groups excluding carboxylic acids is 1. The normalized spacial score (nSPS) is 12.8. The fraction of sp³-hybridized carbons (Fsp3) is 0.250. The second-order valence-corrected chi connectivity index (χ2v) is 8.46. The van der Waals surface area contributed by atoms with E-state index in [-0.39, 0.29) is 46.8 Å². The number of benzene rings is 2. The standard InChI is InChI=1S/C24H21Cl2NO8/c1-11-6-17(28)20(24(30)35-11)13(9-19(29)27-12-4-5-15(25)16(26)7-12)14-8-18(31-2)22-23(21(14)32-3)34-10-33-22/h4-8,13,28H,9-10H2,1-3H3,(H,27,29). The average Bonchev–Trinajstić information content (AvgIpc) is 3.29. The van der Waals surface area contributed by atoms with Gasteiger partial charge in [-0.15, -0.1) is 0 Å². The summed E-state index contributed by atoms with van der Waals surface area (Å²) in [5.41, 5.74) is -0.171. The van der Waals surface area contributed by atoms with Crippen LogP contribution in [0.25, 0.3) is 0 Å². The van der Waals surface area contributed by atoms with Gasteiger partial charge in [0.2, 0.25) is 24.2 Å². The molecule has 1 aliphatic rings. The molecule has 1 aromatic heterocycles. The minimum absolute atomic E-state index is 0.0636. The highest BCUT2D eigenvalue weighted by Gasteiger charge is 2.34. The molecule has 184 valence electrons. The Kier molecular flexibility index (Phi) is 7.00. The summed E-state index contributed by atoms with van der Waals surface area (Å²) >= 11 is 12.0. The highest BCUT2D eigenvalue weighted by molar-refractivity contribution is 6.42. The zero-order valence-corrected chi connectivity index (χ0v) is 20.5. The molecule has 0 radical (unpaired) electrons. The zero-order valence-electron chi connectivity index (χ0n) is 18.9. The lowest BCUT2D eigenvalue weighted by Gasteiger charge is -2.22. The SMILES string of the molecule is COc1cc(C(CC(=O)Nc2ccc(Cl)c(Cl)c2)c2c(O)cc(C)oc2=O)c(OC)c2c1OCO2. The lowest BCUT2D eigenvalue weighted by molar-refractivity contribution is -0.116. The molecule has 35 heavy (non-hydrogen) atoms. The number of aryl methyl sites for hydroxylation is 1. The van der Waals surface area contributed by atoms with Crippen molar-refractivity contribution in [3.05, 3.63) is 67.7 Å². The van der Waals surface area contributed by atoms with Crippen LogP contribution < -0.4 is 29.9 Å². The molecule has 1 unspecified atom stereocenters. The Bertz CT molecular complexity index is 1350. The van der Waals surface area contributed by atoms with Crippen molar-refractivity contribution in [2.24, 2.45) is 0 Å². The van der Waals surface area contributed by atoms with E-state index in [0.29, 0.717) is 27.8 Å². The summed E-state index contributed by atoms with van der Waals surface area (Å²) in [7, 11) is 2.86. The van der Waals surface area contributed by atoms with E-state index < -0.39 is 17.5 Å². The van der Waals surface area contributed by atoms with Gasteiger partial charge >= 0.3 is 5.63 Å². The van der Waals surface area contributed by atoms with Crippen molar-refractivity contribution in [3.8, 4) is 28.7 Å². The Hall–Kier alpha value is -3.56. The largest absolute Gasteiger partial charge is 0.507 e. The molecule has 9 nitrogen and oxygen atoms in total. The van der Waals surface area contributed by atoms with Crippen LogP contribution in [0.4, 0.5) is 5.69 Å². The lowest BCUT2D eigenvalue weighted by atomic mass is 9.87. The number of rotatable bonds is 7. The molecule has 0 saturated heterocycles. The number of hydrogen-bond acceptors (Lipinski definition) is 8. The first-order valence-corrected chi connectivity index (χ1v) is 11.1. The molecule has 4 rings (SSSR count). The third kappa shape index (κ3) is 4.82. The molecule has 1 atom stereocenters. The Labute approximate surface area is 210 Å². The number of methoxy groups -OCH3 is 2. The van der Waals surface area contributed by atoms with Crippen LogP contribution in [0.3, 0.4) is 0 Å². The summed E-state index contributed by atoms with van der Waals surface area (Å²) in [6.45, 7) is 1.47. The summed E-state index contributed by atoms with van der Waals surface area (Å²) in [5.74, 6) is -0.487. The number of nitrogens with one attached hydrogen (secondary N) is 1. The van der Waals surface area contributed by atoms with Gasteiger partial charge in [-0.2, -0.15) is 0 Å². The molecule has 1 amide bonds.